The lowest BCUT2D eigenvalue weighted by Gasteiger charge is -2.12. The molecule has 1 aromatic heterocycles. The molecular weight excluding hydrogens is 336 g/mol. The Labute approximate surface area is 123 Å². The first kappa shape index (κ1) is 13.3. The molecule has 0 N–H and O–H groups in total. The summed E-state index contributed by atoms with van der Waals surface area (Å²) < 4.78 is 28.0. The Kier molecular flexibility index (Phi) is 3.48. The van der Waals surface area contributed by atoms with Gasteiger partial charge >= 0.3 is 0 Å². The second-order valence-electron chi connectivity index (χ2n) is 4.89. The van der Waals surface area contributed by atoms with Crippen molar-refractivity contribution in [1.29, 1.82) is 0 Å². The molecule has 2 aromatic rings. The van der Waals surface area contributed by atoms with E-state index in [4.69, 9.17) is 11.6 Å². The number of rotatable bonds is 1. The minimum atomic E-state index is -0.563. The van der Waals surface area contributed by atoms with Crippen LogP contribution in [0.15, 0.2) is 16.6 Å². The molecule has 1 nitrogen and oxygen atoms in total. The molecule has 5 heteroatoms. The molecule has 0 atom stereocenters. The lowest BCUT2D eigenvalue weighted by molar-refractivity contribution is 0.608. The quantitative estimate of drug-likeness (QED) is 0.614. The van der Waals surface area contributed by atoms with Crippen molar-refractivity contribution in [3.8, 4) is 0 Å². The third-order valence-electron chi connectivity index (χ3n) is 3.67. The summed E-state index contributed by atoms with van der Waals surface area (Å²) in [6.45, 7) is 0. The number of fused-ring (bicyclic) bond motifs is 1. The van der Waals surface area contributed by atoms with Gasteiger partial charge in [0.15, 0.2) is 5.82 Å². The molecule has 0 aliphatic heterocycles. The normalized spacial score (nSPS) is 16.4. The molecule has 1 aliphatic rings. The van der Waals surface area contributed by atoms with Crippen molar-refractivity contribution in [2.75, 3.05) is 0 Å². The second-order valence-corrected chi connectivity index (χ2v) is 6.15. The van der Waals surface area contributed by atoms with E-state index < -0.39 is 11.6 Å². The average molecular weight is 347 g/mol. The van der Waals surface area contributed by atoms with E-state index in [1.165, 1.54) is 0 Å². The zero-order valence-electron chi connectivity index (χ0n) is 10.0. The summed E-state index contributed by atoms with van der Waals surface area (Å²) in [5, 5.41) is 0.278. The molecule has 1 aromatic carbocycles. The van der Waals surface area contributed by atoms with Gasteiger partial charge < -0.3 is 0 Å². The van der Waals surface area contributed by atoms with Crippen LogP contribution in [0.2, 0.25) is 5.02 Å². The molecular formula is C14H11BrClF2N. The van der Waals surface area contributed by atoms with E-state index in [1.54, 1.807) is 6.07 Å². The Balaban J connectivity index is 2.25. The van der Waals surface area contributed by atoms with Gasteiger partial charge in [-0.15, -0.1) is 0 Å². The van der Waals surface area contributed by atoms with Crippen LogP contribution in [0.1, 0.15) is 37.3 Å². The van der Waals surface area contributed by atoms with Crippen molar-refractivity contribution in [3.63, 3.8) is 0 Å². The molecule has 0 amide bonds. The first-order chi connectivity index (χ1) is 9.08. The standard InChI is InChI=1S/C14H11BrClF2N/c15-8-5-10(17)14-12(13(8)18)9(16)6-11(19-14)7-3-1-2-4-7/h5-7H,1-4H2. The number of halogens is 4. The maximum absolute atomic E-state index is 14.0. The summed E-state index contributed by atoms with van der Waals surface area (Å²) in [5.74, 6) is -0.801. The lowest BCUT2D eigenvalue weighted by Crippen LogP contribution is -2.00. The summed E-state index contributed by atoms with van der Waals surface area (Å²) in [6, 6.07) is 2.77. The SMILES string of the molecule is Fc1cc(Br)c(F)c2c(Cl)cc(C3CCCC3)nc12. The largest absolute Gasteiger partial charge is 0.249 e. The minimum Gasteiger partial charge on any atom is -0.249 e. The summed E-state index contributed by atoms with van der Waals surface area (Å²) in [5.41, 5.74) is 0.797. The number of hydrogen-bond donors (Lipinski definition) is 0. The van der Waals surface area contributed by atoms with E-state index in [0.717, 1.165) is 37.4 Å². The van der Waals surface area contributed by atoms with Gasteiger partial charge in [-0.1, -0.05) is 24.4 Å². The van der Waals surface area contributed by atoms with Crippen LogP contribution in [-0.4, -0.2) is 4.98 Å². The smallest absolute Gasteiger partial charge is 0.150 e. The fourth-order valence-electron chi connectivity index (χ4n) is 2.71. The molecule has 0 saturated heterocycles. The van der Waals surface area contributed by atoms with E-state index in [0.29, 0.717) is 5.92 Å². The predicted octanol–water partition coefficient (Wildman–Crippen LogP) is 5.59. The van der Waals surface area contributed by atoms with Crippen LogP contribution in [0.5, 0.6) is 0 Å². The highest BCUT2D eigenvalue weighted by Crippen LogP contribution is 2.38. The second kappa shape index (κ2) is 4.98. The number of nitrogens with zero attached hydrogens (tertiary/aromatic N) is 1. The first-order valence-corrected chi connectivity index (χ1v) is 7.38. The molecule has 3 rings (SSSR count). The van der Waals surface area contributed by atoms with Gasteiger partial charge in [0.25, 0.3) is 0 Å². The van der Waals surface area contributed by atoms with Gasteiger partial charge in [0, 0.05) is 11.6 Å². The van der Waals surface area contributed by atoms with Crippen LogP contribution in [0.3, 0.4) is 0 Å². The summed E-state index contributed by atoms with van der Waals surface area (Å²) in [7, 11) is 0. The third kappa shape index (κ3) is 2.25. The van der Waals surface area contributed by atoms with Gasteiger partial charge in [0.05, 0.1) is 14.9 Å². The number of pyridine rings is 1. The predicted molar refractivity (Wildman–Crippen MR) is 75.6 cm³/mol. The molecule has 0 radical (unpaired) electrons. The molecule has 1 fully saturated rings. The zero-order chi connectivity index (χ0) is 13.6. The third-order valence-corrected chi connectivity index (χ3v) is 4.55. The monoisotopic (exact) mass is 345 g/mol. The van der Waals surface area contributed by atoms with Crippen molar-refractivity contribution in [1.82, 2.24) is 4.98 Å². The Morgan fingerprint density at radius 1 is 1.21 bits per heavy atom. The van der Waals surface area contributed by atoms with Crippen molar-refractivity contribution < 1.29 is 8.78 Å². The fourth-order valence-corrected chi connectivity index (χ4v) is 3.39. The molecule has 0 bridgehead atoms. The van der Waals surface area contributed by atoms with Crippen molar-refractivity contribution in [3.05, 3.63) is 39.0 Å². The van der Waals surface area contributed by atoms with Gasteiger partial charge in [0.2, 0.25) is 0 Å². The van der Waals surface area contributed by atoms with Gasteiger partial charge in [-0.25, -0.2) is 13.8 Å². The van der Waals surface area contributed by atoms with E-state index in [-0.39, 0.29) is 20.4 Å². The number of benzene rings is 1. The minimum absolute atomic E-state index is 0.0232. The Hall–Kier alpha value is -0.740. The Morgan fingerprint density at radius 2 is 1.89 bits per heavy atom. The van der Waals surface area contributed by atoms with Gasteiger partial charge in [0.1, 0.15) is 11.3 Å². The van der Waals surface area contributed by atoms with Crippen LogP contribution in [-0.2, 0) is 0 Å². The van der Waals surface area contributed by atoms with E-state index in [2.05, 4.69) is 20.9 Å². The van der Waals surface area contributed by atoms with Crippen molar-refractivity contribution in [2.45, 2.75) is 31.6 Å². The molecule has 1 saturated carbocycles. The van der Waals surface area contributed by atoms with E-state index in [9.17, 15) is 8.78 Å². The highest BCUT2D eigenvalue weighted by Gasteiger charge is 2.22. The van der Waals surface area contributed by atoms with Crippen LogP contribution in [0, 0.1) is 11.6 Å². The molecule has 1 heterocycles. The molecule has 0 unspecified atom stereocenters. The molecule has 100 valence electrons. The van der Waals surface area contributed by atoms with Crippen molar-refractivity contribution >= 4 is 38.4 Å². The maximum Gasteiger partial charge on any atom is 0.150 e. The van der Waals surface area contributed by atoms with Gasteiger partial charge in [-0.3, -0.25) is 0 Å². The molecule has 0 spiro atoms. The molecule has 1 aliphatic carbocycles. The summed E-state index contributed by atoms with van der Waals surface area (Å²) >= 11 is 9.11. The topological polar surface area (TPSA) is 12.9 Å². The fraction of sp³-hybridized carbons (Fsp3) is 0.357. The summed E-state index contributed by atoms with van der Waals surface area (Å²) in [4.78, 5) is 4.30. The maximum atomic E-state index is 14.0. The van der Waals surface area contributed by atoms with Crippen LogP contribution in [0.25, 0.3) is 10.9 Å². The highest BCUT2D eigenvalue weighted by molar-refractivity contribution is 9.10. The van der Waals surface area contributed by atoms with Crippen LogP contribution >= 0.6 is 27.5 Å². The molecule has 19 heavy (non-hydrogen) atoms. The average Bonchev–Trinajstić information content (AvgIpc) is 2.89. The van der Waals surface area contributed by atoms with Gasteiger partial charge in [-0.2, -0.15) is 0 Å². The number of aromatic nitrogens is 1. The van der Waals surface area contributed by atoms with Crippen LogP contribution in [0.4, 0.5) is 8.78 Å². The van der Waals surface area contributed by atoms with Crippen LogP contribution < -0.4 is 0 Å². The lowest BCUT2D eigenvalue weighted by atomic mass is 10.0. The highest BCUT2D eigenvalue weighted by atomic mass is 79.9. The Morgan fingerprint density at radius 3 is 2.58 bits per heavy atom. The summed E-state index contributed by atoms with van der Waals surface area (Å²) in [6.07, 6.45) is 4.38. The zero-order valence-corrected chi connectivity index (χ0v) is 12.4. The van der Waals surface area contributed by atoms with E-state index >= 15 is 0 Å². The van der Waals surface area contributed by atoms with E-state index in [1.807, 2.05) is 0 Å². The Bertz CT molecular complexity index is 654. The van der Waals surface area contributed by atoms with Gasteiger partial charge in [-0.05, 0) is 40.9 Å². The number of hydrogen-bond acceptors (Lipinski definition) is 1. The first-order valence-electron chi connectivity index (χ1n) is 6.21. The van der Waals surface area contributed by atoms with Crippen molar-refractivity contribution in [2.24, 2.45) is 0 Å².